The summed E-state index contributed by atoms with van der Waals surface area (Å²) in [5.41, 5.74) is 1.95. The van der Waals surface area contributed by atoms with Crippen molar-refractivity contribution in [2.24, 2.45) is 0 Å². The highest BCUT2D eigenvalue weighted by Gasteiger charge is 2.14. The van der Waals surface area contributed by atoms with Crippen molar-refractivity contribution in [1.82, 2.24) is 9.97 Å². The number of hydrogen-bond acceptors (Lipinski definition) is 7. The largest absolute Gasteiger partial charge is 0.489 e. The van der Waals surface area contributed by atoms with Crippen LogP contribution in [0.4, 0.5) is 21.6 Å². The Hall–Kier alpha value is -2.57. The normalized spacial score (nSPS) is 10.8. The zero-order valence-electron chi connectivity index (χ0n) is 16.9. The van der Waals surface area contributed by atoms with Gasteiger partial charge in [0.05, 0.1) is 24.4 Å². The minimum Gasteiger partial charge on any atom is -0.489 e. The maximum atomic E-state index is 12.2. The Labute approximate surface area is 192 Å². The number of aromatic nitrogens is 2. The molecule has 8 nitrogen and oxygen atoms in total. The Balaban J connectivity index is 1.92. The smallest absolute Gasteiger partial charge is 0.250 e. The Bertz CT molecular complexity index is 1040. The maximum Gasteiger partial charge on any atom is 0.250 e. The molecule has 0 bridgehead atoms. The van der Waals surface area contributed by atoms with Gasteiger partial charge in [-0.15, -0.1) is 0 Å². The lowest BCUT2D eigenvalue weighted by Gasteiger charge is -2.15. The lowest BCUT2D eigenvalue weighted by atomic mass is 10.2. The number of nitrogens with one attached hydrogen (secondary N) is 2. The van der Waals surface area contributed by atoms with E-state index >= 15 is 0 Å². The molecule has 31 heavy (non-hydrogen) atoms. The van der Waals surface area contributed by atoms with E-state index in [1.54, 1.807) is 12.1 Å². The van der Waals surface area contributed by atoms with Crippen LogP contribution in [-0.4, -0.2) is 56.1 Å². The fourth-order valence-corrected chi connectivity index (χ4v) is 3.33. The third-order valence-electron chi connectivity index (χ3n) is 4.08. The maximum absolute atomic E-state index is 12.2. The molecule has 0 saturated heterocycles. The molecule has 0 fully saturated rings. The number of nitrogens with zero attached hydrogens (tertiary/aromatic N) is 2. The van der Waals surface area contributed by atoms with Crippen LogP contribution in [-0.2, 0) is 14.3 Å². The van der Waals surface area contributed by atoms with Crippen molar-refractivity contribution >= 4 is 56.6 Å². The molecule has 0 aliphatic rings. The third-order valence-corrected chi connectivity index (χ3v) is 4.75. The summed E-state index contributed by atoms with van der Waals surface area (Å²) in [6.07, 6.45) is 1.45. The highest BCUT2D eigenvalue weighted by atomic mass is 127. The lowest BCUT2D eigenvalue weighted by Crippen LogP contribution is -2.18. The van der Waals surface area contributed by atoms with Gasteiger partial charge in [-0.3, -0.25) is 4.79 Å². The Morgan fingerprint density at radius 2 is 2.03 bits per heavy atom. The molecule has 0 unspecified atom stereocenters. The van der Waals surface area contributed by atoms with Gasteiger partial charge in [-0.1, -0.05) is 6.07 Å². The molecule has 1 amide bonds. The topological polar surface area (TPSA) is 94.6 Å². The molecule has 1 aromatic heterocycles. The van der Waals surface area contributed by atoms with Crippen LogP contribution in [0.2, 0.25) is 0 Å². The molecule has 0 radical (unpaired) electrons. The SMILES string of the molecule is COCC(=O)Nc1cc2c(Nc3cccc(I)c3)ncnc2cc1OCCOCCF. The molecular formula is C21H22FIN4O4. The van der Waals surface area contributed by atoms with Gasteiger partial charge in [-0.25, -0.2) is 14.4 Å². The number of ether oxygens (including phenoxy) is 3. The molecule has 0 aliphatic heterocycles. The lowest BCUT2D eigenvalue weighted by molar-refractivity contribution is -0.119. The van der Waals surface area contributed by atoms with Gasteiger partial charge in [0.1, 0.15) is 37.8 Å². The Morgan fingerprint density at radius 1 is 1.16 bits per heavy atom. The van der Waals surface area contributed by atoms with Crippen molar-refractivity contribution in [3.8, 4) is 5.75 Å². The molecule has 0 spiro atoms. The predicted molar refractivity (Wildman–Crippen MR) is 125 cm³/mol. The van der Waals surface area contributed by atoms with E-state index in [0.717, 1.165) is 9.26 Å². The van der Waals surface area contributed by atoms with Crippen molar-refractivity contribution in [3.05, 3.63) is 46.3 Å². The van der Waals surface area contributed by atoms with Crippen molar-refractivity contribution < 1.29 is 23.4 Å². The summed E-state index contributed by atoms with van der Waals surface area (Å²) in [4.78, 5) is 20.8. The van der Waals surface area contributed by atoms with Crippen molar-refractivity contribution in [2.75, 3.05) is 50.8 Å². The Morgan fingerprint density at radius 3 is 2.81 bits per heavy atom. The average Bonchev–Trinajstić information content (AvgIpc) is 2.74. The molecule has 3 aromatic rings. The van der Waals surface area contributed by atoms with Gasteiger partial charge in [0, 0.05) is 27.8 Å². The summed E-state index contributed by atoms with van der Waals surface area (Å²) in [5, 5.41) is 6.78. The number of fused-ring (bicyclic) bond motifs is 1. The number of amides is 1. The van der Waals surface area contributed by atoms with Gasteiger partial charge in [0.25, 0.3) is 0 Å². The summed E-state index contributed by atoms with van der Waals surface area (Å²) in [5.74, 6) is 0.677. The first-order valence-electron chi connectivity index (χ1n) is 9.47. The monoisotopic (exact) mass is 540 g/mol. The van der Waals surface area contributed by atoms with E-state index in [1.165, 1.54) is 13.4 Å². The molecular weight excluding hydrogens is 518 g/mol. The molecule has 10 heteroatoms. The number of anilines is 3. The van der Waals surface area contributed by atoms with Crippen LogP contribution in [0.15, 0.2) is 42.7 Å². The zero-order chi connectivity index (χ0) is 22.1. The van der Waals surface area contributed by atoms with E-state index in [2.05, 4.69) is 43.2 Å². The van der Waals surface area contributed by atoms with E-state index in [0.29, 0.717) is 28.2 Å². The van der Waals surface area contributed by atoms with Crippen LogP contribution in [0.3, 0.4) is 0 Å². The second-order valence-electron chi connectivity index (χ2n) is 6.35. The first-order chi connectivity index (χ1) is 15.1. The van der Waals surface area contributed by atoms with Gasteiger partial charge in [-0.05, 0) is 46.9 Å². The molecule has 2 aromatic carbocycles. The van der Waals surface area contributed by atoms with Crippen molar-refractivity contribution in [1.29, 1.82) is 0 Å². The number of rotatable bonds is 11. The molecule has 164 valence electrons. The fraction of sp³-hybridized carbons (Fsp3) is 0.286. The standard InChI is InChI=1S/C21H22FIN4O4/c1-29-12-20(28)27-18-10-16-17(11-19(18)31-8-7-30-6-5-22)24-13-25-21(16)26-15-4-2-3-14(23)9-15/h2-4,9-11,13H,5-8,12H2,1H3,(H,27,28)(H,24,25,26). The number of methoxy groups -OCH3 is 1. The van der Waals surface area contributed by atoms with Gasteiger partial charge >= 0.3 is 0 Å². The summed E-state index contributed by atoms with van der Waals surface area (Å²) in [7, 11) is 1.44. The quantitative estimate of drug-likeness (QED) is 0.281. The number of alkyl halides is 1. The van der Waals surface area contributed by atoms with E-state index in [9.17, 15) is 9.18 Å². The van der Waals surface area contributed by atoms with Crippen LogP contribution < -0.4 is 15.4 Å². The summed E-state index contributed by atoms with van der Waals surface area (Å²) >= 11 is 2.24. The van der Waals surface area contributed by atoms with Crippen molar-refractivity contribution in [3.63, 3.8) is 0 Å². The van der Waals surface area contributed by atoms with Crippen LogP contribution in [0.25, 0.3) is 10.9 Å². The second-order valence-corrected chi connectivity index (χ2v) is 7.60. The van der Waals surface area contributed by atoms with Gasteiger partial charge < -0.3 is 24.8 Å². The van der Waals surface area contributed by atoms with E-state index < -0.39 is 6.67 Å². The first kappa shape index (κ1) is 23.1. The molecule has 3 rings (SSSR count). The number of carbonyl (C=O) groups excluding carboxylic acids is 1. The Kier molecular flexibility index (Phi) is 8.74. The fourth-order valence-electron chi connectivity index (χ4n) is 2.79. The van der Waals surface area contributed by atoms with Gasteiger partial charge in [0.15, 0.2) is 0 Å². The van der Waals surface area contributed by atoms with E-state index in [1.807, 2.05) is 24.3 Å². The number of benzene rings is 2. The van der Waals surface area contributed by atoms with Crippen LogP contribution in [0.1, 0.15) is 0 Å². The highest BCUT2D eigenvalue weighted by Crippen LogP contribution is 2.33. The van der Waals surface area contributed by atoms with Crippen LogP contribution in [0.5, 0.6) is 5.75 Å². The third kappa shape index (κ3) is 6.71. The summed E-state index contributed by atoms with van der Waals surface area (Å²) < 4.78 is 29.0. The number of hydrogen-bond donors (Lipinski definition) is 2. The zero-order valence-corrected chi connectivity index (χ0v) is 19.0. The van der Waals surface area contributed by atoms with Crippen LogP contribution >= 0.6 is 22.6 Å². The number of halogens is 2. The van der Waals surface area contributed by atoms with Crippen molar-refractivity contribution in [2.45, 2.75) is 0 Å². The predicted octanol–water partition coefficient (Wildman–Crippen LogP) is 3.93. The number of carbonyl (C=O) groups is 1. The molecule has 0 saturated carbocycles. The van der Waals surface area contributed by atoms with E-state index in [4.69, 9.17) is 14.2 Å². The second kappa shape index (κ2) is 11.7. The minimum atomic E-state index is -0.554. The summed E-state index contributed by atoms with van der Waals surface area (Å²) in [6.45, 7) is -0.232. The minimum absolute atomic E-state index is 0.0131. The molecule has 2 N–H and O–H groups in total. The van der Waals surface area contributed by atoms with Gasteiger partial charge in [0.2, 0.25) is 5.91 Å². The molecule has 1 heterocycles. The van der Waals surface area contributed by atoms with Crippen LogP contribution in [0, 0.1) is 3.57 Å². The molecule has 0 atom stereocenters. The average molecular weight is 540 g/mol. The van der Waals surface area contributed by atoms with E-state index in [-0.39, 0.29) is 32.3 Å². The van der Waals surface area contributed by atoms with Gasteiger partial charge in [-0.2, -0.15) is 0 Å². The highest BCUT2D eigenvalue weighted by molar-refractivity contribution is 14.1. The summed E-state index contributed by atoms with van der Waals surface area (Å²) in [6, 6.07) is 11.3. The first-order valence-corrected chi connectivity index (χ1v) is 10.5. The molecule has 0 aliphatic carbocycles.